The van der Waals surface area contributed by atoms with Crippen molar-refractivity contribution in [1.29, 1.82) is 0 Å². The lowest BCUT2D eigenvalue weighted by Gasteiger charge is -2.09. The molecule has 0 aliphatic heterocycles. The Hall–Kier alpha value is -3.03. The average Bonchev–Trinajstić information content (AvgIpc) is 3.01. The van der Waals surface area contributed by atoms with Gasteiger partial charge in [0.25, 0.3) is 5.91 Å². The third-order valence-corrected chi connectivity index (χ3v) is 4.97. The standard InChI is InChI=1S/C20H14BCl2N5O/c1-28-18-16(26-20(28)27-17-14(22)3-2-4-15(17)23)9-11(10-24-18)19(29)25-13-7-5-12(21)6-8-13/h2-10H,1H3,(H,25,29)(H,26,27). The summed E-state index contributed by atoms with van der Waals surface area (Å²) in [7, 11) is 7.47. The van der Waals surface area contributed by atoms with E-state index in [0.717, 1.165) is 0 Å². The Morgan fingerprint density at radius 3 is 2.48 bits per heavy atom. The fourth-order valence-corrected chi connectivity index (χ4v) is 3.30. The van der Waals surface area contributed by atoms with Gasteiger partial charge in [-0.15, -0.1) is 0 Å². The van der Waals surface area contributed by atoms with Crippen molar-refractivity contribution in [2.75, 3.05) is 10.6 Å². The Bertz CT molecular complexity index is 1200. The maximum Gasteiger partial charge on any atom is 0.257 e. The lowest BCUT2D eigenvalue weighted by molar-refractivity contribution is 0.102. The Morgan fingerprint density at radius 1 is 1.10 bits per heavy atom. The molecule has 2 aromatic carbocycles. The molecule has 2 radical (unpaired) electrons. The van der Waals surface area contributed by atoms with E-state index < -0.39 is 0 Å². The van der Waals surface area contributed by atoms with E-state index in [1.807, 2.05) is 7.05 Å². The number of nitrogens with one attached hydrogen (secondary N) is 2. The number of imidazole rings is 1. The third kappa shape index (κ3) is 3.92. The van der Waals surface area contributed by atoms with Crippen LogP contribution in [0.2, 0.25) is 10.0 Å². The zero-order valence-electron chi connectivity index (χ0n) is 15.3. The Balaban J connectivity index is 1.63. The van der Waals surface area contributed by atoms with Crippen LogP contribution in [0.5, 0.6) is 0 Å². The van der Waals surface area contributed by atoms with Gasteiger partial charge in [0.15, 0.2) is 5.65 Å². The number of halogens is 2. The number of carbonyl (C=O) groups is 1. The van der Waals surface area contributed by atoms with Gasteiger partial charge in [0.2, 0.25) is 5.95 Å². The van der Waals surface area contributed by atoms with Crippen LogP contribution in [0, 0.1) is 0 Å². The summed E-state index contributed by atoms with van der Waals surface area (Å²) in [6.45, 7) is 0. The van der Waals surface area contributed by atoms with Crippen molar-refractivity contribution in [2.24, 2.45) is 7.05 Å². The molecule has 0 saturated heterocycles. The maximum absolute atomic E-state index is 12.5. The molecule has 0 spiro atoms. The second kappa shape index (κ2) is 7.77. The highest BCUT2D eigenvalue weighted by Gasteiger charge is 2.15. The molecule has 0 saturated carbocycles. The quantitative estimate of drug-likeness (QED) is 0.487. The molecule has 0 aliphatic carbocycles. The van der Waals surface area contributed by atoms with Crippen molar-refractivity contribution in [2.45, 2.75) is 0 Å². The smallest absolute Gasteiger partial charge is 0.257 e. The number of hydrogen-bond donors (Lipinski definition) is 2. The van der Waals surface area contributed by atoms with Crippen molar-refractivity contribution in [3.63, 3.8) is 0 Å². The average molecular weight is 422 g/mol. The fourth-order valence-electron chi connectivity index (χ4n) is 2.81. The second-order valence-corrected chi connectivity index (χ2v) is 7.17. The van der Waals surface area contributed by atoms with Crippen LogP contribution in [0.1, 0.15) is 10.4 Å². The second-order valence-electron chi connectivity index (χ2n) is 6.36. The van der Waals surface area contributed by atoms with Gasteiger partial charge >= 0.3 is 0 Å². The summed E-state index contributed by atoms with van der Waals surface area (Å²) in [5.74, 6) is 0.206. The highest BCUT2D eigenvalue weighted by Crippen LogP contribution is 2.32. The van der Waals surface area contributed by atoms with Gasteiger partial charge < -0.3 is 10.6 Å². The van der Waals surface area contributed by atoms with Crippen LogP contribution in [-0.2, 0) is 7.05 Å². The number of aryl methyl sites for hydroxylation is 1. The van der Waals surface area contributed by atoms with Gasteiger partial charge in [-0.3, -0.25) is 9.36 Å². The van der Waals surface area contributed by atoms with E-state index in [9.17, 15) is 4.79 Å². The summed E-state index contributed by atoms with van der Waals surface area (Å²) in [4.78, 5) is 21.5. The van der Waals surface area contributed by atoms with Crippen LogP contribution in [0.3, 0.4) is 0 Å². The van der Waals surface area contributed by atoms with E-state index >= 15 is 0 Å². The van der Waals surface area contributed by atoms with E-state index in [4.69, 9.17) is 31.0 Å². The number of aromatic nitrogens is 3. The first-order chi connectivity index (χ1) is 13.9. The molecule has 2 aromatic heterocycles. The zero-order chi connectivity index (χ0) is 20.5. The molecule has 2 heterocycles. The summed E-state index contributed by atoms with van der Waals surface area (Å²) in [5, 5.41) is 6.88. The summed E-state index contributed by atoms with van der Waals surface area (Å²) in [6.07, 6.45) is 1.50. The van der Waals surface area contributed by atoms with E-state index in [-0.39, 0.29) is 5.91 Å². The molecule has 4 rings (SSSR count). The first-order valence-electron chi connectivity index (χ1n) is 8.63. The molecule has 6 nitrogen and oxygen atoms in total. The minimum Gasteiger partial charge on any atom is -0.323 e. The number of nitrogens with zero attached hydrogens (tertiary/aromatic N) is 3. The molecule has 2 N–H and O–H groups in total. The van der Waals surface area contributed by atoms with Crippen molar-refractivity contribution in [1.82, 2.24) is 14.5 Å². The SMILES string of the molecule is [B]c1ccc(NC(=O)c2cnc3c(c2)nc(Nc2c(Cl)cccc2Cl)n3C)cc1. The molecule has 9 heteroatoms. The molecule has 0 atom stereocenters. The van der Waals surface area contributed by atoms with Crippen LogP contribution in [-0.4, -0.2) is 28.3 Å². The Morgan fingerprint density at radius 2 is 1.79 bits per heavy atom. The largest absolute Gasteiger partial charge is 0.323 e. The van der Waals surface area contributed by atoms with Gasteiger partial charge in [0.05, 0.1) is 21.3 Å². The molecule has 0 unspecified atom stereocenters. The highest BCUT2D eigenvalue weighted by molar-refractivity contribution is 6.39. The van der Waals surface area contributed by atoms with Gasteiger partial charge in [-0.1, -0.05) is 46.9 Å². The predicted octanol–water partition coefficient (Wildman–Crippen LogP) is 4.06. The predicted molar refractivity (Wildman–Crippen MR) is 118 cm³/mol. The van der Waals surface area contributed by atoms with Crippen molar-refractivity contribution in [3.05, 3.63) is 70.3 Å². The lowest BCUT2D eigenvalue weighted by Crippen LogP contribution is -2.13. The van der Waals surface area contributed by atoms with Gasteiger partial charge in [-0.25, -0.2) is 9.97 Å². The van der Waals surface area contributed by atoms with Crippen LogP contribution in [0.25, 0.3) is 11.2 Å². The van der Waals surface area contributed by atoms with Crippen LogP contribution in [0.4, 0.5) is 17.3 Å². The van der Waals surface area contributed by atoms with E-state index in [1.165, 1.54) is 6.20 Å². The van der Waals surface area contributed by atoms with Crippen molar-refractivity contribution in [3.8, 4) is 0 Å². The number of rotatable bonds is 4. The number of carbonyl (C=O) groups excluding carboxylic acids is 1. The minimum absolute atomic E-state index is 0.293. The number of para-hydroxylation sites is 1. The molecule has 4 aromatic rings. The van der Waals surface area contributed by atoms with Gasteiger partial charge in [-0.2, -0.15) is 0 Å². The number of anilines is 3. The summed E-state index contributed by atoms with van der Waals surface area (Å²) < 4.78 is 1.76. The lowest BCUT2D eigenvalue weighted by atomic mass is 9.96. The van der Waals surface area contributed by atoms with Crippen molar-refractivity contribution < 1.29 is 4.79 Å². The summed E-state index contributed by atoms with van der Waals surface area (Å²) in [5.41, 5.74) is 3.37. The van der Waals surface area contributed by atoms with E-state index in [1.54, 1.807) is 53.1 Å². The number of fused-ring (bicyclic) bond motifs is 1. The normalized spacial score (nSPS) is 10.9. The first-order valence-corrected chi connectivity index (χ1v) is 9.38. The number of amides is 1. The monoisotopic (exact) mass is 421 g/mol. The van der Waals surface area contributed by atoms with Crippen LogP contribution in [0.15, 0.2) is 54.7 Å². The van der Waals surface area contributed by atoms with Crippen LogP contribution >= 0.6 is 23.2 Å². The minimum atomic E-state index is -0.293. The molecule has 1 amide bonds. The first kappa shape index (κ1) is 19.3. The highest BCUT2D eigenvalue weighted by atomic mass is 35.5. The Kier molecular flexibility index (Phi) is 5.17. The number of benzene rings is 2. The van der Waals surface area contributed by atoms with E-state index in [0.29, 0.717) is 49.6 Å². The maximum atomic E-state index is 12.5. The summed E-state index contributed by atoms with van der Waals surface area (Å²) in [6, 6.07) is 13.8. The van der Waals surface area contributed by atoms with Gasteiger partial charge in [-0.05, 0) is 30.3 Å². The molecule has 0 fully saturated rings. The van der Waals surface area contributed by atoms with E-state index in [2.05, 4.69) is 20.6 Å². The third-order valence-electron chi connectivity index (χ3n) is 4.34. The molecule has 0 aliphatic rings. The fraction of sp³-hybridized carbons (Fsp3) is 0.0500. The van der Waals surface area contributed by atoms with Crippen molar-refractivity contribution >= 4 is 70.9 Å². The molecule has 0 bridgehead atoms. The number of pyridine rings is 1. The molecule has 142 valence electrons. The molecular formula is C20H14BCl2N5O. The topological polar surface area (TPSA) is 71.8 Å². The van der Waals surface area contributed by atoms with Gasteiger partial charge in [0, 0.05) is 18.9 Å². The summed E-state index contributed by atoms with van der Waals surface area (Å²) >= 11 is 12.4. The molecular weight excluding hydrogens is 408 g/mol. The Labute approximate surface area is 178 Å². The van der Waals surface area contributed by atoms with Crippen LogP contribution < -0.4 is 16.1 Å². The number of hydrogen-bond acceptors (Lipinski definition) is 4. The van der Waals surface area contributed by atoms with Gasteiger partial charge in [0.1, 0.15) is 13.4 Å². The zero-order valence-corrected chi connectivity index (χ0v) is 16.8. The molecule has 29 heavy (non-hydrogen) atoms.